The van der Waals surface area contributed by atoms with Gasteiger partial charge in [0.2, 0.25) is 0 Å². The predicted octanol–water partition coefficient (Wildman–Crippen LogP) is 2.35. The summed E-state index contributed by atoms with van der Waals surface area (Å²) in [4.78, 5) is 1.40. The van der Waals surface area contributed by atoms with Gasteiger partial charge in [-0.25, -0.2) is 0 Å². The highest BCUT2D eigenvalue weighted by Gasteiger charge is 2.37. The zero-order valence-electron chi connectivity index (χ0n) is 11.0. The van der Waals surface area contributed by atoms with Gasteiger partial charge in [-0.15, -0.1) is 11.3 Å². The molecule has 1 aromatic heterocycles. The molecule has 102 valence electrons. The molecule has 0 saturated carbocycles. The highest BCUT2D eigenvalue weighted by atomic mass is 79.9. The second-order valence-electron chi connectivity index (χ2n) is 5.79. The molecule has 0 aliphatic carbocycles. The minimum atomic E-state index is 0.150. The van der Waals surface area contributed by atoms with E-state index in [0.717, 1.165) is 26.3 Å². The number of thiophene rings is 1. The molecule has 18 heavy (non-hydrogen) atoms. The summed E-state index contributed by atoms with van der Waals surface area (Å²) in [5.74, 6) is 0. The van der Waals surface area contributed by atoms with Crippen LogP contribution in [0, 0.1) is 5.41 Å². The molecule has 0 unspecified atom stereocenters. The maximum absolute atomic E-state index is 5.81. The lowest BCUT2D eigenvalue weighted by atomic mass is 9.85. The fourth-order valence-electron chi connectivity index (χ4n) is 2.09. The molecule has 0 aromatic carbocycles. The molecule has 1 aromatic rings. The van der Waals surface area contributed by atoms with Crippen molar-refractivity contribution < 1.29 is 4.74 Å². The Labute approximate surface area is 121 Å². The summed E-state index contributed by atoms with van der Waals surface area (Å²) in [7, 11) is 0. The smallest absolute Gasteiger partial charge is 0.0701 e. The average Bonchev–Trinajstić information content (AvgIpc) is 2.70. The van der Waals surface area contributed by atoms with E-state index in [2.05, 4.69) is 47.2 Å². The zero-order valence-corrected chi connectivity index (χ0v) is 13.4. The van der Waals surface area contributed by atoms with Crippen LogP contribution in [0.5, 0.6) is 0 Å². The first-order valence-corrected chi connectivity index (χ1v) is 7.83. The molecule has 2 heterocycles. The summed E-state index contributed by atoms with van der Waals surface area (Å²) < 4.78 is 6.47. The summed E-state index contributed by atoms with van der Waals surface area (Å²) >= 11 is 5.33. The van der Waals surface area contributed by atoms with E-state index in [-0.39, 0.29) is 10.8 Å². The number of ether oxygens (including phenoxy) is 1. The van der Waals surface area contributed by atoms with E-state index >= 15 is 0 Å². The predicted molar refractivity (Wildman–Crippen MR) is 80.2 cm³/mol. The van der Waals surface area contributed by atoms with Crippen LogP contribution in [0.2, 0.25) is 0 Å². The van der Waals surface area contributed by atoms with Gasteiger partial charge in [-0.1, -0.05) is 13.8 Å². The highest BCUT2D eigenvalue weighted by Crippen LogP contribution is 2.32. The molecule has 0 radical (unpaired) electrons. The van der Waals surface area contributed by atoms with Crippen molar-refractivity contribution in [3.8, 4) is 0 Å². The topological polar surface area (TPSA) is 47.3 Å². The number of nitrogens with two attached hydrogens (primary N) is 1. The van der Waals surface area contributed by atoms with E-state index in [1.807, 2.05) is 0 Å². The molecule has 1 aliphatic heterocycles. The highest BCUT2D eigenvalue weighted by molar-refractivity contribution is 9.11. The number of hydrogen-bond donors (Lipinski definition) is 2. The van der Waals surface area contributed by atoms with Crippen LogP contribution in [0.25, 0.3) is 0 Å². The van der Waals surface area contributed by atoms with Crippen molar-refractivity contribution in [2.75, 3.05) is 32.8 Å². The van der Waals surface area contributed by atoms with Crippen molar-refractivity contribution in [3.63, 3.8) is 0 Å². The van der Waals surface area contributed by atoms with E-state index in [4.69, 9.17) is 10.5 Å². The van der Waals surface area contributed by atoms with Crippen molar-refractivity contribution in [3.05, 3.63) is 20.8 Å². The number of halogens is 1. The summed E-state index contributed by atoms with van der Waals surface area (Å²) in [5.41, 5.74) is 6.13. The maximum Gasteiger partial charge on any atom is 0.0701 e. The third-order valence-electron chi connectivity index (χ3n) is 3.56. The van der Waals surface area contributed by atoms with Gasteiger partial charge < -0.3 is 15.8 Å². The molecular formula is C13H21BrN2OS. The lowest BCUT2D eigenvalue weighted by Gasteiger charge is -2.41. The van der Waals surface area contributed by atoms with E-state index in [1.165, 1.54) is 8.66 Å². The standard InChI is InChI=1S/C13H21BrN2OS/c1-12(2,10-3-4-11(14)18-10)6-16-7-13(5-15)8-17-9-13/h3-4,16H,5-9,15H2,1-2H3. The van der Waals surface area contributed by atoms with Crippen LogP contribution in [-0.4, -0.2) is 32.8 Å². The molecule has 0 bridgehead atoms. The first-order valence-electron chi connectivity index (χ1n) is 6.22. The molecule has 0 amide bonds. The van der Waals surface area contributed by atoms with Crippen molar-refractivity contribution >= 4 is 27.3 Å². The third kappa shape index (κ3) is 3.14. The van der Waals surface area contributed by atoms with Crippen molar-refractivity contribution in [1.82, 2.24) is 5.32 Å². The van der Waals surface area contributed by atoms with Gasteiger partial charge in [-0.05, 0) is 28.1 Å². The Hall–Kier alpha value is 0.0600. The zero-order chi connectivity index (χ0) is 13.2. The van der Waals surface area contributed by atoms with Crippen LogP contribution in [0.4, 0.5) is 0 Å². The quantitative estimate of drug-likeness (QED) is 0.840. The Bertz CT molecular complexity index is 396. The van der Waals surface area contributed by atoms with Gasteiger partial charge in [0.05, 0.1) is 17.0 Å². The molecule has 0 spiro atoms. The fourth-order valence-corrected chi connectivity index (χ4v) is 3.57. The van der Waals surface area contributed by atoms with Crippen molar-refractivity contribution in [2.24, 2.45) is 11.1 Å². The summed E-state index contributed by atoms with van der Waals surface area (Å²) in [5, 5.41) is 3.56. The van der Waals surface area contributed by atoms with E-state index < -0.39 is 0 Å². The second-order valence-corrected chi connectivity index (χ2v) is 8.25. The molecule has 3 N–H and O–H groups in total. The van der Waals surface area contributed by atoms with Crippen molar-refractivity contribution in [2.45, 2.75) is 19.3 Å². The molecule has 5 heteroatoms. The number of nitrogens with one attached hydrogen (secondary N) is 1. The molecule has 1 fully saturated rings. The molecule has 3 nitrogen and oxygen atoms in total. The van der Waals surface area contributed by atoms with Gasteiger partial charge in [-0.2, -0.15) is 0 Å². The third-order valence-corrected chi connectivity index (χ3v) is 5.55. The Balaban J connectivity index is 1.85. The van der Waals surface area contributed by atoms with Gasteiger partial charge in [-0.3, -0.25) is 0 Å². The first kappa shape index (κ1) is 14.5. The Kier molecular flexibility index (Phi) is 4.49. The van der Waals surface area contributed by atoms with Crippen LogP contribution in [0.3, 0.4) is 0 Å². The molecule has 1 saturated heterocycles. The van der Waals surface area contributed by atoms with Crippen LogP contribution < -0.4 is 11.1 Å². The van der Waals surface area contributed by atoms with Gasteiger partial charge in [0.15, 0.2) is 0 Å². The Morgan fingerprint density at radius 3 is 2.67 bits per heavy atom. The van der Waals surface area contributed by atoms with Crippen molar-refractivity contribution in [1.29, 1.82) is 0 Å². The summed E-state index contributed by atoms with van der Waals surface area (Å²) in [6, 6.07) is 4.31. The second kappa shape index (κ2) is 5.59. The van der Waals surface area contributed by atoms with Crippen LogP contribution >= 0.6 is 27.3 Å². The van der Waals surface area contributed by atoms with Gasteiger partial charge in [0.1, 0.15) is 0 Å². The minimum absolute atomic E-state index is 0.150. The molecule has 0 atom stereocenters. The van der Waals surface area contributed by atoms with Gasteiger partial charge >= 0.3 is 0 Å². The summed E-state index contributed by atoms with van der Waals surface area (Å²) in [6.45, 7) is 8.73. The Morgan fingerprint density at radius 2 is 2.22 bits per heavy atom. The maximum atomic E-state index is 5.81. The SMILES string of the molecule is CC(C)(CNCC1(CN)COC1)c1ccc(Br)s1. The molecule has 1 aliphatic rings. The van der Waals surface area contributed by atoms with Crippen LogP contribution in [0.15, 0.2) is 15.9 Å². The average molecular weight is 333 g/mol. The van der Waals surface area contributed by atoms with Crippen LogP contribution in [0.1, 0.15) is 18.7 Å². The Morgan fingerprint density at radius 1 is 1.50 bits per heavy atom. The molecular weight excluding hydrogens is 312 g/mol. The van der Waals surface area contributed by atoms with Gasteiger partial charge in [0, 0.05) is 35.3 Å². The largest absolute Gasteiger partial charge is 0.380 e. The molecule has 2 rings (SSSR count). The van der Waals surface area contributed by atoms with Crippen LogP contribution in [-0.2, 0) is 10.2 Å². The lowest BCUT2D eigenvalue weighted by molar-refractivity contribution is -0.105. The van der Waals surface area contributed by atoms with E-state index in [9.17, 15) is 0 Å². The summed E-state index contributed by atoms with van der Waals surface area (Å²) in [6.07, 6.45) is 0. The number of hydrogen-bond acceptors (Lipinski definition) is 4. The normalized spacial score (nSPS) is 18.7. The monoisotopic (exact) mass is 332 g/mol. The minimum Gasteiger partial charge on any atom is -0.380 e. The van der Waals surface area contributed by atoms with E-state index in [0.29, 0.717) is 6.54 Å². The van der Waals surface area contributed by atoms with Gasteiger partial charge in [0.25, 0.3) is 0 Å². The fraction of sp³-hybridized carbons (Fsp3) is 0.692. The lowest BCUT2D eigenvalue weighted by Crippen LogP contribution is -2.55. The van der Waals surface area contributed by atoms with E-state index in [1.54, 1.807) is 11.3 Å². The first-order chi connectivity index (χ1) is 8.47. The number of rotatable bonds is 6.